The van der Waals surface area contributed by atoms with Gasteiger partial charge >= 0.3 is 113 Å². The van der Waals surface area contributed by atoms with Gasteiger partial charge in [-0.2, -0.15) is 0 Å². The van der Waals surface area contributed by atoms with E-state index in [-0.39, 0.29) is 12.5 Å². The Hall–Kier alpha value is 0.964. The Balaban J connectivity index is 2.51. The van der Waals surface area contributed by atoms with Crippen LogP contribution in [-0.2, 0) is 18.1 Å². The molecule has 12 heteroatoms. The van der Waals surface area contributed by atoms with Gasteiger partial charge in [-0.05, 0) is 0 Å². The van der Waals surface area contributed by atoms with Gasteiger partial charge in [-0.1, -0.05) is 0 Å². The second-order valence-corrected chi connectivity index (χ2v) is 9.56. The molecule has 1 saturated heterocycles. The summed E-state index contributed by atoms with van der Waals surface area (Å²) in [5.74, 6) is -0.312. The molecule has 0 aliphatic carbocycles. The number of ether oxygens (including phenoxy) is 1. The molecule has 104 valence electrons. The fourth-order valence-corrected chi connectivity index (χ4v) is 5.02. The number of aliphatic hydroxyl groups excluding tert-OH is 1. The van der Waals surface area contributed by atoms with E-state index in [0.29, 0.717) is 0 Å². The van der Waals surface area contributed by atoms with Crippen LogP contribution in [0.25, 0.3) is 0 Å². The van der Waals surface area contributed by atoms with Crippen molar-refractivity contribution in [2.75, 3.05) is 6.61 Å². The Bertz CT molecular complexity index is 388. The normalized spacial score (nSPS) is 36.5. The molecule has 2 unspecified atom stereocenters. The fraction of sp³-hybridized carbons (Fsp3) is 1.00. The van der Waals surface area contributed by atoms with Crippen LogP contribution in [0.3, 0.4) is 0 Å². The van der Waals surface area contributed by atoms with Gasteiger partial charge in [0, 0.05) is 0 Å². The number of hydrogen-bond donors (Lipinski definition) is 4. The molecule has 4 N–H and O–H groups in total. The van der Waals surface area contributed by atoms with Gasteiger partial charge in [-0.25, -0.2) is 0 Å². The number of aliphatic hydroxyl groups is 1. The standard InChI is InChI=1S/C6H13BO8P2Se/c1-3-5(8)4(14-6(3)7)2-13-17(12,18)15-16(9,10)11/h3-6,8H,2H2,1H3,(H,12,18)(H2,9,10,11)/t3?,4-,5+,6-,17?/m1/s1. The van der Waals surface area contributed by atoms with E-state index < -0.39 is 32.2 Å². The van der Waals surface area contributed by atoms with Gasteiger partial charge in [0.1, 0.15) is 0 Å². The summed E-state index contributed by atoms with van der Waals surface area (Å²) >= 11 is 2.03. The van der Waals surface area contributed by atoms with E-state index in [1.54, 1.807) is 6.92 Å². The van der Waals surface area contributed by atoms with Crippen molar-refractivity contribution in [1.82, 2.24) is 0 Å². The van der Waals surface area contributed by atoms with Crippen LogP contribution in [0.5, 0.6) is 0 Å². The number of hydrogen-bond acceptors (Lipinski definition) is 6. The topological polar surface area (TPSA) is 126 Å². The van der Waals surface area contributed by atoms with E-state index in [9.17, 15) is 14.6 Å². The first-order valence-electron chi connectivity index (χ1n) is 4.85. The van der Waals surface area contributed by atoms with Gasteiger partial charge in [0.25, 0.3) is 0 Å². The zero-order valence-corrected chi connectivity index (χ0v) is 12.8. The van der Waals surface area contributed by atoms with Crippen molar-refractivity contribution in [3.05, 3.63) is 0 Å². The Kier molecular flexibility index (Phi) is 5.83. The van der Waals surface area contributed by atoms with Crippen molar-refractivity contribution in [2.24, 2.45) is 5.92 Å². The van der Waals surface area contributed by atoms with Gasteiger partial charge in [0.05, 0.1) is 0 Å². The van der Waals surface area contributed by atoms with Gasteiger partial charge in [-0.15, -0.1) is 0 Å². The van der Waals surface area contributed by atoms with Gasteiger partial charge < -0.3 is 0 Å². The average Bonchev–Trinajstić information content (AvgIpc) is 2.39. The number of rotatable bonds is 5. The quantitative estimate of drug-likeness (QED) is 0.355. The van der Waals surface area contributed by atoms with Gasteiger partial charge in [0.2, 0.25) is 0 Å². The summed E-state index contributed by atoms with van der Waals surface area (Å²) in [7, 11) is 0.672. The minimum atomic E-state index is -4.87. The van der Waals surface area contributed by atoms with E-state index in [1.165, 1.54) is 0 Å². The second-order valence-electron chi connectivity index (χ2n) is 3.83. The van der Waals surface area contributed by atoms with E-state index in [2.05, 4.69) is 4.31 Å². The third-order valence-electron chi connectivity index (χ3n) is 2.38. The zero-order chi connectivity index (χ0) is 14.1. The van der Waals surface area contributed by atoms with E-state index >= 15 is 0 Å². The average molecular weight is 365 g/mol. The molecule has 0 bridgehead atoms. The molecule has 5 atom stereocenters. The molecule has 0 aromatic heterocycles. The molecule has 18 heavy (non-hydrogen) atoms. The molecule has 0 amide bonds. The van der Waals surface area contributed by atoms with Gasteiger partial charge in [0.15, 0.2) is 0 Å². The molecule has 1 aliphatic heterocycles. The zero-order valence-electron chi connectivity index (χ0n) is 9.32. The maximum atomic E-state index is 10.6. The van der Waals surface area contributed by atoms with Crippen LogP contribution < -0.4 is 0 Å². The molecule has 1 heterocycles. The summed E-state index contributed by atoms with van der Waals surface area (Å²) in [6.07, 6.45) is -5.49. The molecular weight excluding hydrogens is 352 g/mol. The van der Waals surface area contributed by atoms with Crippen molar-refractivity contribution >= 4 is 37.0 Å². The molecule has 1 rings (SSSR count). The van der Waals surface area contributed by atoms with Crippen molar-refractivity contribution in [1.29, 1.82) is 0 Å². The Morgan fingerprint density at radius 3 is 2.39 bits per heavy atom. The van der Waals surface area contributed by atoms with Crippen LogP contribution in [0.2, 0.25) is 0 Å². The molecular formula is C6H13BO8P2Se. The second kappa shape index (κ2) is 6.16. The van der Waals surface area contributed by atoms with Crippen molar-refractivity contribution in [2.45, 2.75) is 25.1 Å². The van der Waals surface area contributed by atoms with Crippen LogP contribution >= 0.6 is 14.0 Å². The maximum absolute atomic E-state index is 10.6. The van der Waals surface area contributed by atoms with Crippen molar-refractivity contribution in [3.63, 3.8) is 0 Å². The monoisotopic (exact) mass is 366 g/mol. The minimum absolute atomic E-state index is 0.309. The molecule has 1 fully saturated rings. The van der Waals surface area contributed by atoms with Crippen LogP contribution in [0, 0.1) is 5.92 Å². The summed E-state index contributed by atoms with van der Waals surface area (Å²) in [4.78, 5) is 26.6. The molecule has 0 saturated carbocycles. The number of phosphoric acid groups is 1. The Labute approximate surface area is 113 Å². The molecule has 2 radical (unpaired) electrons. The summed E-state index contributed by atoms with van der Waals surface area (Å²) in [5, 5.41) is 9.70. The van der Waals surface area contributed by atoms with E-state index in [0.717, 1.165) is 0 Å². The molecule has 1 aliphatic rings. The van der Waals surface area contributed by atoms with Crippen LogP contribution in [0.4, 0.5) is 0 Å². The van der Waals surface area contributed by atoms with Gasteiger partial charge in [-0.3, -0.25) is 0 Å². The Morgan fingerprint density at radius 2 is 2.00 bits per heavy atom. The molecule has 0 spiro atoms. The summed E-state index contributed by atoms with van der Waals surface area (Å²) in [6.45, 7) is 1.37. The first-order valence-corrected chi connectivity index (χ1v) is 10.2. The van der Waals surface area contributed by atoms with E-state index in [4.69, 9.17) is 26.9 Å². The van der Waals surface area contributed by atoms with Crippen molar-refractivity contribution in [3.8, 4) is 0 Å². The molecule has 0 aromatic carbocycles. The fourth-order valence-electron chi connectivity index (χ4n) is 1.40. The van der Waals surface area contributed by atoms with Crippen LogP contribution in [0.1, 0.15) is 6.92 Å². The van der Waals surface area contributed by atoms with Crippen LogP contribution in [0.15, 0.2) is 0 Å². The summed E-state index contributed by atoms with van der Waals surface area (Å²) < 4.78 is 24.6. The first-order chi connectivity index (χ1) is 8.02. The first kappa shape index (κ1) is 17.0. The summed E-state index contributed by atoms with van der Waals surface area (Å²) in [5.41, 5.74) is 0. The third kappa shape index (κ3) is 5.15. The molecule has 8 nitrogen and oxygen atoms in total. The van der Waals surface area contributed by atoms with Crippen molar-refractivity contribution < 1.29 is 37.9 Å². The Morgan fingerprint density at radius 1 is 1.44 bits per heavy atom. The predicted molar refractivity (Wildman–Crippen MR) is 63.6 cm³/mol. The molecule has 0 aromatic rings. The SMILES string of the molecule is [B][C@@H]1O[C@H](COP(O)(=[Se])OP(=O)(O)O)[C@@H](O)C1C. The third-order valence-corrected chi connectivity index (χ3v) is 6.46. The summed E-state index contributed by atoms with van der Waals surface area (Å²) in [6, 6.07) is -0.663. The van der Waals surface area contributed by atoms with E-state index in [1.807, 2.05) is 15.1 Å². The van der Waals surface area contributed by atoms with Crippen LogP contribution in [-0.4, -0.2) is 67.5 Å². The predicted octanol–water partition coefficient (Wildman–Crippen LogP) is -1.16.